The minimum Gasteiger partial charge on any atom is -0.469 e. The molecule has 104 valence electrons. The molecule has 0 radical (unpaired) electrons. The van der Waals surface area contributed by atoms with Gasteiger partial charge in [-0.2, -0.15) is 0 Å². The van der Waals surface area contributed by atoms with Crippen molar-refractivity contribution in [2.75, 3.05) is 7.11 Å². The van der Waals surface area contributed by atoms with Crippen LogP contribution in [-0.2, 0) is 20.7 Å². The topological polar surface area (TPSA) is 55.4 Å². The number of rotatable bonds is 5. The summed E-state index contributed by atoms with van der Waals surface area (Å²) in [6, 6.07) is 4.65. The molecule has 1 aromatic rings. The van der Waals surface area contributed by atoms with Gasteiger partial charge in [-0.3, -0.25) is 9.59 Å². The van der Waals surface area contributed by atoms with Gasteiger partial charge in [-0.05, 0) is 30.7 Å². The average Bonchev–Trinajstić information content (AvgIpc) is 2.33. The molecular weight excluding hydrogens is 289 g/mol. The quantitative estimate of drug-likeness (QED) is 0.851. The number of halogens is 2. The van der Waals surface area contributed by atoms with Crippen molar-refractivity contribution in [1.82, 2.24) is 5.32 Å². The Labute approximate surface area is 122 Å². The van der Waals surface area contributed by atoms with Gasteiger partial charge in [-0.25, -0.2) is 0 Å². The molecule has 0 fully saturated rings. The van der Waals surface area contributed by atoms with E-state index < -0.39 is 0 Å². The third kappa shape index (κ3) is 5.49. The van der Waals surface area contributed by atoms with E-state index in [2.05, 4.69) is 10.1 Å². The molecule has 1 rings (SSSR count). The number of hydrogen-bond donors (Lipinski definition) is 1. The summed E-state index contributed by atoms with van der Waals surface area (Å²) in [6.07, 6.45) is 0.246. The molecule has 0 aliphatic heterocycles. The highest BCUT2D eigenvalue weighted by molar-refractivity contribution is 6.33. The zero-order valence-electron chi connectivity index (χ0n) is 10.7. The number of amides is 1. The van der Waals surface area contributed by atoms with Gasteiger partial charge in [-0.1, -0.05) is 23.2 Å². The fourth-order valence-electron chi connectivity index (χ4n) is 1.56. The van der Waals surface area contributed by atoms with E-state index in [-0.39, 0.29) is 30.8 Å². The normalized spacial score (nSPS) is 11.8. The van der Waals surface area contributed by atoms with E-state index in [0.29, 0.717) is 15.6 Å². The Balaban J connectivity index is 2.55. The minimum atomic E-state index is -0.367. The van der Waals surface area contributed by atoms with E-state index in [1.165, 1.54) is 7.11 Å². The molecule has 0 aliphatic carbocycles. The molecule has 19 heavy (non-hydrogen) atoms. The molecule has 1 N–H and O–H groups in total. The maximum Gasteiger partial charge on any atom is 0.307 e. The van der Waals surface area contributed by atoms with E-state index in [1.54, 1.807) is 25.1 Å². The Morgan fingerprint density at radius 2 is 2.05 bits per heavy atom. The lowest BCUT2D eigenvalue weighted by Gasteiger charge is -2.13. The first kappa shape index (κ1) is 15.8. The van der Waals surface area contributed by atoms with Crippen LogP contribution < -0.4 is 5.32 Å². The number of esters is 1. The second kappa shape index (κ2) is 7.36. The summed E-state index contributed by atoms with van der Waals surface area (Å²) in [7, 11) is 1.31. The van der Waals surface area contributed by atoms with Crippen molar-refractivity contribution in [3.8, 4) is 0 Å². The van der Waals surface area contributed by atoms with Crippen LogP contribution in [0.3, 0.4) is 0 Å². The van der Waals surface area contributed by atoms with Gasteiger partial charge >= 0.3 is 5.97 Å². The van der Waals surface area contributed by atoms with E-state index in [1.807, 2.05) is 0 Å². The van der Waals surface area contributed by atoms with Gasteiger partial charge in [0.15, 0.2) is 0 Å². The van der Waals surface area contributed by atoms with Crippen molar-refractivity contribution in [2.45, 2.75) is 25.8 Å². The third-order valence-electron chi connectivity index (χ3n) is 2.47. The van der Waals surface area contributed by atoms with Crippen LogP contribution in [-0.4, -0.2) is 25.0 Å². The van der Waals surface area contributed by atoms with Crippen LogP contribution >= 0.6 is 23.2 Å². The smallest absolute Gasteiger partial charge is 0.307 e. The first-order valence-corrected chi connectivity index (χ1v) is 6.48. The molecule has 0 aromatic heterocycles. The number of hydrogen-bond acceptors (Lipinski definition) is 3. The lowest BCUT2D eigenvalue weighted by Crippen LogP contribution is -2.35. The molecule has 0 saturated carbocycles. The van der Waals surface area contributed by atoms with Crippen LogP contribution in [0.1, 0.15) is 18.9 Å². The zero-order chi connectivity index (χ0) is 14.4. The number of ether oxygens (including phenoxy) is 1. The maximum atomic E-state index is 11.8. The molecular formula is C13H15Cl2NO3. The lowest BCUT2D eigenvalue weighted by molar-refractivity contribution is -0.141. The number of carbonyl (C=O) groups is 2. The number of benzene rings is 1. The van der Waals surface area contributed by atoms with Crippen LogP contribution in [0.4, 0.5) is 0 Å². The first-order valence-electron chi connectivity index (χ1n) is 5.72. The molecule has 0 aliphatic rings. The first-order chi connectivity index (χ1) is 8.92. The van der Waals surface area contributed by atoms with Gasteiger partial charge < -0.3 is 10.1 Å². The van der Waals surface area contributed by atoms with E-state index >= 15 is 0 Å². The van der Waals surface area contributed by atoms with E-state index in [0.717, 1.165) is 0 Å². The summed E-state index contributed by atoms with van der Waals surface area (Å²) in [4.78, 5) is 22.8. The fourth-order valence-corrected chi connectivity index (χ4v) is 1.94. The Kier molecular flexibility index (Phi) is 6.12. The Hall–Kier alpha value is -1.26. The van der Waals surface area contributed by atoms with Crippen molar-refractivity contribution in [3.05, 3.63) is 33.8 Å². The summed E-state index contributed by atoms with van der Waals surface area (Å²) in [5.41, 5.74) is 0.650. The molecule has 0 saturated heterocycles. The summed E-state index contributed by atoms with van der Waals surface area (Å²) in [5, 5.41) is 3.71. The highest BCUT2D eigenvalue weighted by atomic mass is 35.5. The molecule has 1 amide bonds. The molecule has 4 nitrogen and oxygen atoms in total. The monoisotopic (exact) mass is 303 g/mol. The molecule has 0 spiro atoms. The summed E-state index contributed by atoms with van der Waals surface area (Å²) < 4.78 is 4.53. The number of nitrogens with one attached hydrogen (secondary N) is 1. The molecule has 6 heteroatoms. The Morgan fingerprint density at radius 3 is 2.68 bits per heavy atom. The standard InChI is InChI=1S/C13H15Cl2NO3/c1-8(5-13(18)19-2)16-12(17)7-9-6-10(14)3-4-11(9)15/h3-4,6,8H,5,7H2,1-2H3,(H,16,17)/t8-/m0/s1. The van der Waals surface area contributed by atoms with E-state index in [9.17, 15) is 9.59 Å². The predicted octanol–water partition coefficient (Wildman–Crippen LogP) is 2.60. The highest BCUT2D eigenvalue weighted by Crippen LogP contribution is 2.21. The third-order valence-corrected chi connectivity index (χ3v) is 3.07. The molecule has 0 unspecified atom stereocenters. The SMILES string of the molecule is COC(=O)C[C@H](C)NC(=O)Cc1cc(Cl)ccc1Cl. The van der Waals surface area contributed by atoms with Crippen LogP contribution in [0.25, 0.3) is 0 Å². The summed E-state index contributed by atoms with van der Waals surface area (Å²) in [6.45, 7) is 1.73. The average molecular weight is 304 g/mol. The molecule has 1 aromatic carbocycles. The van der Waals surface area contributed by atoms with Crippen molar-refractivity contribution < 1.29 is 14.3 Å². The number of methoxy groups -OCH3 is 1. The lowest BCUT2D eigenvalue weighted by atomic mass is 10.1. The molecule has 0 heterocycles. The summed E-state index contributed by atoms with van der Waals surface area (Å²) in [5.74, 6) is -0.589. The molecule has 1 atom stereocenters. The largest absolute Gasteiger partial charge is 0.469 e. The minimum absolute atomic E-state index is 0.116. The van der Waals surface area contributed by atoms with Crippen LogP contribution in [0.2, 0.25) is 10.0 Å². The van der Waals surface area contributed by atoms with Gasteiger partial charge in [-0.15, -0.1) is 0 Å². The van der Waals surface area contributed by atoms with Crippen molar-refractivity contribution >= 4 is 35.1 Å². The van der Waals surface area contributed by atoms with Gasteiger partial charge in [0.1, 0.15) is 0 Å². The number of carbonyl (C=O) groups excluding carboxylic acids is 2. The maximum absolute atomic E-state index is 11.8. The van der Waals surface area contributed by atoms with Crippen molar-refractivity contribution in [3.63, 3.8) is 0 Å². The second-order valence-corrected chi connectivity index (χ2v) is 5.00. The Bertz CT molecular complexity index is 477. The van der Waals surface area contributed by atoms with Crippen LogP contribution in [0.5, 0.6) is 0 Å². The van der Waals surface area contributed by atoms with Crippen LogP contribution in [0.15, 0.2) is 18.2 Å². The van der Waals surface area contributed by atoms with E-state index in [4.69, 9.17) is 23.2 Å². The van der Waals surface area contributed by atoms with Gasteiger partial charge in [0.25, 0.3) is 0 Å². The predicted molar refractivity (Wildman–Crippen MR) is 74.4 cm³/mol. The van der Waals surface area contributed by atoms with Crippen molar-refractivity contribution in [2.24, 2.45) is 0 Å². The summed E-state index contributed by atoms with van der Waals surface area (Å²) >= 11 is 11.8. The van der Waals surface area contributed by atoms with Crippen molar-refractivity contribution in [1.29, 1.82) is 0 Å². The molecule has 0 bridgehead atoms. The fraction of sp³-hybridized carbons (Fsp3) is 0.385. The van der Waals surface area contributed by atoms with Gasteiger partial charge in [0, 0.05) is 16.1 Å². The van der Waals surface area contributed by atoms with Gasteiger partial charge in [0.05, 0.1) is 20.0 Å². The zero-order valence-corrected chi connectivity index (χ0v) is 12.2. The van der Waals surface area contributed by atoms with Gasteiger partial charge in [0.2, 0.25) is 5.91 Å². The Morgan fingerprint density at radius 1 is 1.37 bits per heavy atom. The second-order valence-electron chi connectivity index (χ2n) is 4.16. The highest BCUT2D eigenvalue weighted by Gasteiger charge is 2.13. The van der Waals surface area contributed by atoms with Crippen LogP contribution in [0, 0.1) is 0 Å².